The van der Waals surface area contributed by atoms with E-state index in [4.69, 9.17) is 17.0 Å². The van der Waals surface area contributed by atoms with Crippen LogP contribution in [-0.4, -0.2) is 23.5 Å². The van der Waals surface area contributed by atoms with Crippen LogP contribution in [0.2, 0.25) is 0 Å². The van der Waals surface area contributed by atoms with Crippen LogP contribution in [0.5, 0.6) is 5.75 Å². The van der Waals surface area contributed by atoms with Crippen LogP contribution in [0.25, 0.3) is 0 Å². The molecule has 0 aliphatic heterocycles. The second-order valence-corrected chi connectivity index (χ2v) is 7.87. The molecule has 25 heavy (non-hydrogen) atoms. The standard InChI is InChI=1S/C16H19Br2N3O3S/c17-11-6-7-13(12(18)8-11)24-9-14(22)20-21-16(25)19-15(23)10-4-2-1-3-5-10/h6-8,10H,1-5,9H2,(H,20,22)(H2,19,21,23,25). The summed E-state index contributed by atoms with van der Waals surface area (Å²) in [5.41, 5.74) is 4.91. The summed E-state index contributed by atoms with van der Waals surface area (Å²) in [4.78, 5) is 23.8. The van der Waals surface area contributed by atoms with Gasteiger partial charge in [0.1, 0.15) is 5.75 Å². The van der Waals surface area contributed by atoms with Crippen LogP contribution in [0.1, 0.15) is 32.1 Å². The predicted molar refractivity (Wildman–Crippen MR) is 106 cm³/mol. The van der Waals surface area contributed by atoms with Crippen molar-refractivity contribution in [2.45, 2.75) is 32.1 Å². The Kier molecular flexibility index (Phi) is 8.11. The fraction of sp³-hybridized carbons (Fsp3) is 0.438. The maximum atomic E-state index is 12.0. The van der Waals surface area contributed by atoms with Crippen LogP contribution in [0.15, 0.2) is 27.1 Å². The number of rotatable bonds is 4. The van der Waals surface area contributed by atoms with Crippen LogP contribution in [0.4, 0.5) is 0 Å². The molecule has 1 fully saturated rings. The van der Waals surface area contributed by atoms with E-state index in [9.17, 15) is 9.59 Å². The highest BCUT2D eigenvalue weighted by Crippen LogP contribution is 2.28. The molecule has 0 bridgehead atoms. The Bertz CT molecular complexity index is 652. The molecule has 0 aromatic heterocycles. The average Bonchev–Trinajstić information content (AvgIpc) is 2.60. The minimum Gasteiger partial charge on any atom is -0.483 e. The van der Waals surface area contributed by atoms with E-state index in [0.717, 1.165) is 34.6 Å². The molecule has 0 radical (unpaired) electrons. The molecule has 2 amide bonds. The van der Waals surface area contributed by atoms with Gasteiger partial charge in [0.2, 0.25) is 5.91 Å². The summed E-state index contributed by atoms with van der Waals surface area (Å²) in [7, 11) is 0. The number of benzene rings is 1. The number of nitrogens with one attached hydrogen (secondary N) is 3. The first kappa shape index (κ1) is 20.1. The van der Waals surface area contributed by atoms with E-state index in [1.54, 1.807) is 6.07 Å². The van der Waals surface area contributed by atoms with E-state index < -0.39 is 5.91 Å². The number of carbonyl (C=O) groups is 2. The zero-order chi connectivity index (χ0) is 18.2. The first-order valence-corrected chi connectivity index (χ1v) is 9.92. The summed E-state index contributed by atoms with van der Waals surface area (Å²) in [5, 5.41) is 2.68. The van der Waals surface area contributed by atoms with Gasteiger partial charge >= 0.3 is 0 Å². The second kappa shape index (κ2) is 10.1. The van der Waals surface area contributed by atoms with Gasteiger partial charge in [-0.3, -0.25) is 20.4 Å². The molecule has 3 N–H and O–H groups in total. The van der Waals surface area contributed by atoms with Gasteiger partial charge in [-0.1, -0.05) is 35.2 Å². The summed E-state index contributed by atoms with van der Waals surface area (Å²) in [6.45, 7) is -0.188. The molecule has 6 nitrogen and oxygen atoms in total. The van der Waals surface area contributed by atoms with Crippen molar-refractivity contribution in [3.05, 3.63) is 27.1 Å². The number of ether oxygens (including phenoxy) is 1. The number of halogens is 2. The van der Waals surface area contributed by atoms with E-state index in [1.165, 1.54) is 6.42 Å². The fourth-order valence-electron chi connectivity index (χ4n) is 2.51. The topological polar surface area (TPSA) is 79.5 Å². The van der Waals surface area contributed by atoms with Crippen LogP contribution >= 0.6 is 44.1 Å². The van der Waals surface area contributed by atoms with Gasteiger partial charge in [-0.25, -0.2) is 0 Å². The van der Waals surface area contributed by atoms with E-state index >= 15 is 0 Å². The molecular weight excluding hydrogens is 474 g/mol. The Morgan fingerprint density at radius 2 is 1.88 bits per heavy atom. The van der Waals surface area contributed by atoms with Crippen LogP contribution < -0.4 is 20.9 Å². The van der Waals surface area contributed by atoms with Crippen molar-refractivity contribution in [1.29, 1.82) is 0 Å². The number of amides is 2. The van der Waals surface area contributed by atoms with E-state index in [1.807, 2.05) is 12.1 Å². The predicted octanol–water partition coefficient (Wildman–Crippen LogP) is 3.19. The van der Waals surface area contributed by atoms with Gasteiger partial charge in [0.25, 0.3) is 5.91 Å². The number of thiocarbonyl (C=S) groups is 1. The van der Waals surface area contributed by atoms with Crippen molar-refractivity contribution < 1.29 is 14.3 Å². The van der Waals surface area contributed by atoms with Crippen molar-refractivity contribution in [2.24, 2.45) is 5.92 Å². The molecule has 2 rings (SSSR count). The molecule has 9 heteroatoms. The lowest BCUT2D eigenvalue weighted by Crippen LogP contribution is -2.50. The lowest BCUT2D eigenvalue weighted by molar-refractivity contribution is -0.125. The highest BCUT2D eigenvalue weighted by atomic mass is 79.9. The Labute approximate surface area is 168 Å². The van der Waals surface area contributed by atoms with Gasteiger partial charge in [-0.15, -0.1) is 0 Å². The monoisotopic (exact) mass is 491 g/mol. The Balaban J connectivity index is 1.68. The average molecular weight is 493 g/mol. The molecule has 1 saturated carbocycles. The largest absolute Gasteiger partial charge is 0.483 e. The fourth-order valence-corrected chi connectivity index (χ4v) is 3.82. The Morgan fingerprint density at radius 3 is 2.56 bits per heavy atom. The van der Waals surface area contributed by atoms with Crippen molar-refractivity contribution in [2.75, 3.05) is 6.61 Å². The number of carbonyl (C=O) groups excluding carboxylic acids is 2. The van der Waals surface area contributed by atoms with E-state index in [0.29, 0.717) is 5.75 Å². The number of hydrogen-bond acceptors (Lipinski definition) is 4. The lowest BCUT2D eigenvalue weighted by Gasteiger charge is -2.21. The van der Waals surface area contributed by atoms with Gasteiger partial charge in [-0.05, 0) is 59.2 Å². The molecule has 1 aliphatic carbocycles. The van der Waals surface area contributed by atoms with Gasteiger partial charge in [-0.2, -0.15) is 0 Å². The molecule has 0 atom stereocenters. The Morgan fingerprint density at radius 1 is 1.16 bits per heavy atom. The minimum atomic E-state index is -0.413. The Hall–Kier alpha value is -1.19. The number of hydrazine groups is 1. The van der Waals surface area contributed by atoms with Crippen molar-refractivity contribution in [3.63, 3.8) is 0 Å². The van der Waals surface area contributed by atoms with Crippen molar-refractivity contribution in [1.82, 2.24) is 16.2 Å². The van der Waals surface area contributed by atoms with Crippen molar-refractivity contribution >= 4 is 61.0 Å². The molecular formula is C16H19Br2N3O3S. The molecule has 1 aromatic carbocycles. The molecule has 1 aromatic rings. The molecule has 0 saturated heterocycles. The van der Waals surface area contributed by atoms with Gasteiger partial charge in [0.15, 0.2) is 11.7 Å². The zero-order valence-electron chi connectivity index (χ0n) is 13.4. The third-order valence-corrected chi connectivity index (χ3v) is 5.10. The third kappa shape index (κ3) is 6.91. The maximum Gasteiger partial charge on any atom is 0.276 e. The lowest BCUT2D eigenvalue weighted by atomic mass is 9.89. The molecule has 0 unspecified atom stereocenters. The van der Waals surface area contributed by atoms with Gasteiger partial charge < -0.3 is 10.1 Å². The first-order chi connectivity index (χ1) is 12.0. The van der Waals surface area contributed by atoms with Crippen LogP contribution in [0, 0.1) is 5.92 Å². The van der Waals surface area contributed by atoms with Crippen molar-refractivity contribution in [3.8, 4) is 5.75 Å². The summed E-state index contributed by atoms with van der Waals surface area (Å²) >= 11 is 11.7. The summed E-state index contributed by atoms with van der Waals surface area (Å²) in [6.07, 6.45) is 5.08. The van der Waals surface area contributed by atoms with E-state index in [2.05, 4.69) is 48.0 Å². The highest BCUT2D eigenvalue weighted by molar-refractivity contribution is 9.11. The number of hydrogen-bond donors (Lipinski definition) is 3. The third-order valence-electron chi connectivity index (χ3n) is 3.78. The SMILES string of the molecule is O=C(COc1ccc(Br)cc1Br)NNC(=S)NC(=O)C1CCCCC1. The molecule has 136 valence electrons. The van der Waals surface area contributed by atoms with Crippen LogP contribution in [-0.2, 0) is 9.59 Å². The molecule has 0 spiro atoms. The van der Waals surface area contributed by atoms with Gasteiger partial charge in [0.05, 0.1) is 4.47 Å². The smallest absolute Gasteiger partial charge is 0.276 e. The van der Waals surface area contributed by atoms with Gasteiger partial charge in [0, 0.05) is 10.4 Å². The van der Waals surface area contributed by atoms with Crippen LogP contribution in [0.3, 0.4) is 0 Å². The quantitative estimate of drug-likeness (QED) is 0.444. The molecule has 0 heterocycles. The summed E-state index contributed by atoms with van der Waals surface area (Å²) < 4.78 is 7.05. The minimum absolute atomic E-state index is 0.00212. The zero-order valence-corrected chi connectivity index (χ0v) is 17.4. The summed E-state index contributed by atoms with van der Waals surface area (Å²) in [5.74, 6) is 0.0411. The maximum absolute atomic E-state index is 12.0. The molecule has 1 aliphatic rings. The van der Waals surface area contributed by atoms with E-state index in [-0.39, 0.29) is 23.5 Å². The summed E-state index contributed by atoms with van der Waals surface area (Å²) in [6, 6.07) is 5.37. The normalized spacial score (nSPS) is 14.5. The second-order valence-electron chi connectivity index (χ2n) is 5.69. The first-order valence-electron chi connectivity index (χ1n) is 7.93. The highest BCUT2D eigenvalue weighted by Gasteiger charge is 2.21.